The fourth-order valence-electron chi connectivity index (χ4n) is 3.40. The summed E-state index contributed by atoms with van der Waals surface area (Å²) in [6.45, 7) is 6.96. The van der Waals surface area contributed by atoms with Crippen molar-refractivity contribution in [2.45, 2.75) is 38.6 Å². The normalized spacial score (nSPS) is 25.6. The first-order valence-corrected chi connectivity index (χ1v) is 7.75. The molecule has 20 heavy (non-hydrogen) atoms. The van der Waals surface area contributed by atoms with Crippen molar-refractivity contribution >= 4 is 5.91 Å². The van der Waals surface area contributed by atoms with Gasteiger partial charge in [-0.15, -0.1) is 0 Å². The molecule has 0 aromatic rings. The minimum atomic E-state index is 0.00192. The van der Waals surface area contributed by atoms with Gasteiger partial charge in [-0.05, 0) is 45.7 Å². The summed E-state index contributed by atoms with van der Waals surface area (Å²) >= 11 is 0. The number of amides is 1. The zero-order valence-corrected chi connectivity index (χ0v) is 12.3. The third kappa shape index (κ3) is 2.77. The van der Waals surface area contributed by atoms with Crippen LogP contribution < -0.4 is 0 Å². The number of hydrogen-bond acceptors (Lipinski definition) is 4. The summed E-state index contributed by atoms with van der Waals surface area (Å²) in [6, 6.07) is 0.667. The predicted octanol–water partition coefficient (Wildman–Crippen LogP) is 1.35. The predicted molar refractivity (Wildman–Crippen MR) is 75.0 cm³/mol. The van der Waals surface area contributed by atoms with Crippen LogP contribution in [-0.4, -0.2) is 61.1 Å². The molecule has 0 aromatic carbocycles. The number of carbonyl (C=O) groups excluding carboxylic acids is 1. The highest BCUT2D eigenvalue weighted by Crippen LogP contribution is 2.23. The van der Waals surface area contributed by atoms with Crippen LogP contribution in [0.2, 0.25) is 0 Å². The molecule has 0 aliphatic carbocycles. The molecule has 0 spiro atoms. The van der Waals surface area contributed by atoms with Crippen LogP contribution in [0.5, 0.6) is 0 Å². The van der Waals surface area contributed by atoms with Crippen molar-refractivity contribution < 1.29 is 14.3 Å². The lowest BCUT2D eigenvalue weighted by atomic mass is 10.0. The number of hydrogen-bond donors (Lipinski definition) is 0. The van der Waals surface area contributed by atoms with E-state index >= 15 is 0 Å². The molecular weight excluding hydrogens is 256 g/mol. The molecule has 5 heteroatoms. The number of nitrogens with zero attached hydrogens (tertiary/aromatic N) is 2. The van der Waals surface area contributed by atoms with Gasteiger partial charge in [0.1, 0.15) is 19.0 Å². The summed E-state index contributed by atoms with van der Waals surface area (Å²) in [5.41, 5.74) is 0. The second kappa shape index (κ2) is 6.04. The minimum Gasteiger partial charge on any atom is -0.491 e. The Morgan fingerprint density at radius 2 is 1.70 bits per heavy atom. The lowest BCUT2D eigenvalue weighted by Crippen LogP contribution is -2.46. The molecule has 2 saturated heterocycles. The molecule has 3 rings (SSSR count). The van der Waals surface area contributed by atoms with Gasteiger partial charge in [-0.1, -0.05) is 0 Å². The zero-order chi connectivity index (χ0) is 13.9. The number of ether oxygens (including phenoxy) is 2. The molecule has 0 atom stereocenters. The Morgan fingerprint density at radius 3 is 2.35 bits per heavy atom. The topological polar surface area (TPSA) is 42.0 Å². The Kier molecular flexibility index (Phi) is 4.15. The van der Waals surface area contributed by atoms with Crippen molar-refractivity contribution in [3.8, 4) is 0 Å². The maximum Gasteiger partial charge on any atom is 0.292 e. The molecule has 0 radical (unpaired) electrons. The maximum absolute atomic E-state index is 12.4. The summed E-state index contributed by atoms with van der Waals surface area (Å²) in [7, 11) is 0. The van der Waals surface area contributed by atoms with Crippen LogP contribution in [0.1, 0.15) is 32.6 Å². The molecule has 1 amide bonds. The third-order valence-corrected chi connectivity index (χ3v) is 4.57. The van der Waals surface area contributed by atoms with Crippen LogP contribution in [-0.2, 0) is 14.3 Å². The van der Waals surface area contributed by atoms with Crippen molar-refractivity contribution in [2.75, 3.05) is 39.4 Å². The van der Waals surface area contributed by atoms with E-state index in [0.29, 0.717) is 30.8 Å². The van der Waals surface area contributed by atoms with E-state index in [0.717, 1.165) is 25.9 Å². The van der Waals surface area contributed by atoms with Crippen LogP contribution in [0.4, 0.5) is 0 Å². The first-order valence-electron chi connectivity index (χ1n) is 7.75. The molecule has 3 aliphatic heterocycles. The molecular formula is C15H24N2O3. The highest BCUT2D eigenvalue weighted by Gasteiger charge is 2.31. The lowest BCUT2D eigenvalue weighted by molar-refractivity contribution is -0.134. The number of allylic oxidation sites excluding steroid dienone is 1. The Bertz CT molecular complexity index is 394. The number of likely N-dealkylation sites (tertiary alicyclic amines) is 2. The fraction of sp³-hybridized carbons (Fsp3) is 0.800. The number of piperidine rings is 1. The average Bonchev–Trinajstić information content (AvgIpc) is 3.01. The fourth-order valence-corrected chi connectivity index (χ4v) is 3.40. The Hall–Kier alpha value is -1.23. The van der Waals surface area contributed by atoms with E-state index in [-0.39, 0.29) is 5.91 Å². The minimum absolute atomic E-state index is 0.00192. The first kappa shape index (κ1) is 13.7. The van der Waals surface area contributed by atoms with Crippen molar-refractivity contribution in [2.24, 2.45) is 0 Å². The second-order valence-electron chi connectivity index (χ2n) is 5.85. The van der Waals surface area contributed by atoms with E-state index in [1.165, 1.54) is 25.9 Å². The SMILES string of the molecule is CC1=C(C(=O)N2CCC(N3CCCC3)CC2)OCCO1. The number of carbonyl (C=O) groups is 1. The van der Waals surface area contributed by atoms with E-state index < -0.39 is 0 Å². The largest absolute Gasteiger partial charge is 0.491 e. The van der Waals surface area contributed by atoms with Crippen molar-refractivity contribution in [1.29, 1.82) is 0 Å². The third-order valence-electron chi connectivity index (χ3n) is 4.57. The van der Waals surface area contributed by atoms with Crippen molar-refractivity contribution in [1.82, 2.24) is 9.80 Å². The van der Waals surface area contributed by atoms with E-state index in [4.69, 9.17) is 9.47 Å². The molecule has 0 bridgehead atoms. The van der Waals surface area contributed by atoms with E-state index in [1.807, 2.05) is 11.8 Å². The molecule has 112 valence electrons. The van der Waals surface area contributed by atoms with Gasteiger partial charge in [-0.2, -0.15) is 0 Å². The van der Waals surface area contributed by atoms with E-state index in [2.05, 4.69) is 4.90 Å². The molecule has 5 nitrogen and oxygen atoms in total. The van der Waals surface area contributed by atoms with Crippen LogP contribution in [0, 0.1) is 0 Å². The maximum atomic E-state index is 12.4. The zero-order valence-electron chi connectivity index (χ0n) is 12.3. The Morgan fingerprint density at radius 1 is 1.05 bits per heavy atom. The van der Waals surface area contributed by atoms with Gasteiger partial charge in [0.05, 0.1) is 0 Å². The smallest absolute Gasteiger partial charge is 0.292 e. The highest BCUT2D eigenvalue weighted by atomic mass is 16.6. The van der Waals surface area contributed by atoms with Gasteiger partial charge in [-0.25, -0.2) is 0 Å². The van der Waals surface area contributed by atoms with E-state index in [1.54, 1.807) is 0 Å². The van der Waals surface area contributed by atoms with Gasteiger partial charge in [0.25, 0.3) is 5.91 Å². The second-order valence-corrected chi connectivity index (χ2v) is 5.85. The Labute approximate surface area is 120 Å². The van der Waals surface area contributed by atoms with Crippen molar-refractivity contribution in [3.63, 3.8) is 0 Å². The monoisotopic (exact) mass is 280 g/mol. The molecule has 0 saturated carbocycles. The summed E-state index contributed by atoms with van der Waals surface area (Å²) in [5.74, 6) is 1.04. The van der Waals surface area contributed by atoms with Crippen LogP contribution in [0.15, 0.2) is 11.5 Å². The average molecular weight is 280 g/mol. The van der Waals surface area contributed by atoms with Crippen LogP contribution in [0.25, 0.3) is 0 Å². The summed E-state index contributed by atoms with van der Waals surface area (Å²) in [4.78, 5) is 16.9. The van der Waals surface area contributed by atoms with Gasteiger partial charge >= 0.3 is 0 Å². The molecule has 3 heterocycles. The molecule has 0 unspecified atom stereocenters. The van der Waals surface area contributed by atoms with Gasteiger partial charge in [0.15, 0.2) is 0 Å². The van der Waals surface area contributed by atoms with Crippen LogP contribution >= 0.6 is 0 Å². The molecule has 0 N–H and O–H groups in total. The summed E-state index contributed by atoms with van der Waals surface area (Å²) < 4.78 is 10.9. The summed E-state index contributed by atoms with van der Waals surface area (Å²) in [5, 5.41) is 0. The molecule has 0 aromatic heterocycles. The van der Waals surface area contributed by atoms with Crippen LogP contribution in [0.3, 0.4) is 0 Å². The lowest BCUT2D eigenvalue weighted by Gasteiger charge is -2.37. The number of rotatable bonds is 2. The quantitative estimate of drug-likeness (QED) is 0.766. The molecule has 3 aliphatic rings. The highest BCUT2D eigenvalue weighted by molar-refractivity contribution is 5.92. The summed E-state index contributed by atoms with van der Waals surface area (Å²) in [6.07, 6.45) is 4.82. The van der Waals surface area contributed by atoms with Gasteiger partial charge < -0.3 is 19.3 Å². The first-order chi connectivity index (χ1) is 9.75. The molecule has 2 fully saturated rings. The van der Waals surface area contributed by atoms with Crippen molar-refractivity contribution in [3.05, 3.63) is 11.5 Å². The van der Waals surface area contributed by atoms with Gasteiger partial charge in [-0.3, -0.25) is 4.79 Å². The van der Waals surface area contributed by atoms with Gasteiger partial charge in [0.2, 0.25) is 5.76 Å². The van der Waals surface area contributed by atoms with Gasteiger partial charge in [0, 0.05) is 19.1 Å². The Balaban J connectivity index is 1.56. The van der Waals surface area contributed by atoms with E-state index in [9.17, 15) is 4.79 Å². The standard InChI is InChI=1S/C15H24N2O3/c1-12-14(20-11-10-19-12)15(18)17-8-4-13(5-9-17)16-6-2-3-7-16/h13H,2-11H2,1H3.